The molecule has 0 aromatic heterocycles. The van der Waals surface area contributed by atoms with Gasteiger partial charge in [0.2, 0.25) is 0 Å². The van der Waals surface area contributed by atoms with Crippen molar-refractivity contribution in [3.8, 4) is 0 Å². The van der Waals surface area contributed by atoms with Crippen LogP contribution in [0.5, 0.6) is 0 Å². The fraction of sp³-hybridized carbons (Fsp3) is 0.429. The monoisotopic (exact) mass is 509 g/mol. The van der Waals surface area contributed by atoms with Crippen LogP contribution in [-0.2, 0) is 11.2 Å². The lowest BCUT2D eigenvalue weighted by Crippen LogP contribution is -2.64. The van der Waals surface area contributed by atoms with Crippen LogP contribution in [0.4, 0.5) is 9.59 Å². The van der Waals surface area contributed by atoms with Crippen LogP contribution < -0.4 is 11.1 Å². The van der Waals surface area contributed by atoms with E-state index in [9.17, 15) is 24.3 Å². The number of carboxylic acid groups (broad SMARTS) is 1. The van der Waals surface area contributed by atoms with E-state index in [0.717, 1.165) is 5.56 Å². The predicted molar refractivity (Wildman–Crippen MR) is 140 cm³/mol. The third kappa shape index (κ3) is 6.81. The second-order valence-electron chi connectivity index (χ2n) is 9.61. The van der Waals surface area contributed by atoms with Crippen molar-refractivity contribution in [1.29, 1.82) is 0 Å². The first-order valence-corrected chi connectivity index (χ1v) is 12.8. The molecule has 1 aliphatic heterocycles. The molecule has 0 radical (unpaired) electrons. The maximum Gasteiger partial charge on any atom is 0.523 e. The van der Waals surface area contributed by atoms with Crippen LogP contribution in [0.15, 0.2) is 60.7 Å². The van der Waals surface area contributed by atoms with Crippen molar-refractivity contribution in [1.82, 2.24) is 10.2 Å². The molecule has 4 amide bonds. The Labute approximate surface area is 217 Å². The van der Waals surface area contributed by atoms with Gasteiger partial charge in [-0.15, -0.1) is 4.48 Å². The quantitative estimate of drug-likeness (QED) is 0.314. The summed E-state index contributed by atoms with van der Waals surface area (Å²) in [5.41, 5.74) is 6.92. The highest BCUT2D eigenvalue weighted by atomic mass is 16.4. The number of quaternary nitrogens is 1. The molecule has 1 fully saturated rings. The Morgan fingerprint density at radius 1 is 1.05 bits per heavy atom. The Balaban J connectivity index is 1.86. The lowest BCUT2D eigenvalue weighted by Gasteiger charge is -2.34. The average Bonchev–Trinajstić information content (AvgIpc) is 3.30. The van der Waals surface area contributed by atoms with Gasteiger partial charge >= 0.3 is 12.1 Å². The van der Waals surface area contributed by atoms with Crippen molar-refractivity contribution < 1.29 is 28.8 Å². The molecule has 0 aliphatic carbocycles. The Morgan fingerprint density at radius 2 is 1.70 bits per heavy atom. The standard InChI is InChI=1S/C28H36N4O5/c1-21-11-10-18-32(21,28(36)37)27(35)31(17-9-8-16-29)20-25(33)24(19-22-12-4-2-5-13-22)30-26(34)23-14-6-3-7-15-23/h2-7,12-15,21,24H,8-11,16-20,29H2,1H3,(H-,30,34,36,37)/p+1/t21-,24?,32?/m1/s1. The largest absolute Gasteiger partial charge is 0.523 e. The predicted octanol–water partition coefficient (Wildman–Crippen LogP) is 3.43. The number of amides is 4. The summed E-state index contributed by atoms with van der Waals surface area (Å²) >= 11 is 0. The van der Waals surface area contributed by atoms with Crippen molar-refractivity contribution in [3.05, 3.63) is 71.8 Å². The van der Waals surface area contributed by atoms with Crippen LogP contribution in [0, 0.1) is 0 Å². The minimum atomic E-state index is -1.20. The van der Waals surface area contributed by atoms with Crippen LogP contribution in [0.2, 0.25) is 0 Å². The Bertz CT molecular complexity index is 1080. The van der Waals surface area contributed by atoms with E-state index < -0.39 is 34.6 Å². The molecule has 2 aromatic carbocycles. The van der Waals surface area contributed by atoms with Gasteiger partial charge < -0.3 is 16.2 Å². The number of hydrogen-bond acceptors (Lipinski definition) is 5. The van der Waals surface area contributed by atoms with E-state index in [1.807, 2.05) is 30.3 Å². The Morgan fingerprint density at radius 3 is 2.27 bits per heavy atom. The van der Waals surface area contributed by atoms with Crippen LogP contribution in [0.3, 0.4) is 0 Å². The van der Waals surface area contributed by atoms with Gasteiger partial charge in [0.25, 0.3) is 5.91 Å². The summed E-state index contributed by atoms with van der Waals surface area (Å²) in [5.74, 6) is -0.747. The van der Waals surface area contributed by atoms with Gasteiger partial charge in [-0.2, -0.15) is 4.79 Å². The van der Waals surface area contributed by atoms with Crippen molar-refractivity contribution in [3.63, 3.8) is 0 Å². The van der Waals surface area contributed by atoms with E-state index in [2.05, 4.69) is 5.32 Å². The molecule has 9 heteroatoms. The molecule has 2 unspecified atom stereocenters. The lowest BCUT2D eigenvalue weighted by molar-refractivity contribution is -0.791. The second-order valence-corrected chi connectivity index (χ2v) is 9.61. The van der Waals surface area contributed by atoms with Crippen molar-refractivity contribution in [2.75, 3.05) is 26.2 Å². The summed E-state index contributed by atoms with van der Waals surface area (Å²) < 4.78 is -0.713. The maximum atomic E-state index is 13.7. The van der Waals surface area contributed by atoms with E-state index in [-0.39, 0.29) is 31.8 Å². The minimum Gasteiger partial charge on any atom is -0.435 e. The normalized spacial score (nSPS) is 19.7. The smallest absolute Gasteiger partial charge is 0.435 e. The Kier molecular flexibility index (Phi) is 9.93. The fourth-order valence-corrected chi connectivity index (χ4v) is 4.89. The number of nitrogens with zero attached hydrogens (tertiary/aromatic N) is 2. The highest BCUT2D eigenvalue weighted by Gasteiger charge is 2.55. The second kappa shape index (κ2) is 13.1. The molecule has 37 heavy (non-hydrogen) atoms. The molecule has 0 spiro atoms. The van der Waals surface area contributed by atoms with Crippen molar-refractivity contribution in [2.24, 2.45) is 5.73 Å². The number of imide groups is 1. The summed E-state index contributed by atoms with van der Waals surface area (Å²) in [6.07, 6.45) is 1.46. The average molecular weight is 510 g/mol. The molecule has 2 aromatic rings. The number of rotatable bonds is 11. The maximum absolute atomic E-state index is 13.7. The number of carbonyl (C=O) groups excluding carboxylic acids is 3. The van der Waals surface area contributed by atoms with Crippen molar-refractivity contribution in [2.45, 2.75) is 51.1 Å². The molecule has 1 saturated heterocycles. The zero-order chi connectivity index (χ0) is 26.8. The number of likely N-dealkylation sites (tertiary alicyclic amines) is 1. The van der Waals surface area contributed by atoms with E-state index in [1.165, 1.54) is 4.90 Å². The topological polar surface area (TPSA) is 130 Å². The molecule has 3 atom stereocenters. The number of Topliss-reactive ketones (excluding diaryl/α,β-unsaturated/α-hetero) is 1. The van der Waals surface area contributed by atoms with E-state index in [0.29, 0.717) is 37.8 Å². The van der Waals surface area contributed by atoms with Gasteiger partial charge in [-0.25, -0.2) is 4.79 Å². The highest BCUT2D eigenvalue weighted by Crippen LogP contribution is 2.30. The number of benzene rings is 2. The summed E-state index contributed by atoms with van der Waals surface area (Å²) in [4.78, 5) is 54.0. The zero-order valence-corrected chi connectivity index (χ0v) is 21.3. The van der Waals surface area contributed by atoms with E-state index in [4.69, 9.17) is 5.73 Å². The molecule has 1 heterocycles. The fourth-order valence-electron chi connectivity index (χ4n) is 4.89. The summed E-state index contributed by atoms with van der Waals surface area (Å²) in [5, 5.41) is 12.9. The number of hydrogen-bond donors (Lipinski definition) is 3. The number of urea groups is 1. The van der Waals surface area contributed by atoms with Crippen LogP contribution in [0.25, 0.3) is 0 Å². The van der Waals surface area contributed by atoms with Gasteiger partial charge in [-0.1, -0.05) is 48.5 Å². The first kappa shape index (κ1) is 28.0. The number of carbonyl (C=O) groups is 4. The van der Waals surface area contributed by atoms with Gasteiger partial charge in [0.15, 0.2) is 5.78 Å². The molecule has 1 aliphatic rings. The van der Waals surface area contributed by atoms with Crippen LogP contribution in [-0.4, -0.2) is 76.6 Å². The van der Waals surface area contributed by atoms with E-state index in [1.54, 1.807) is 37.3 Å². The summed E-state index contributed by atoms with van der Waals surface area (Å²) in [6.45, 7) is 2.30. The molecule has 9 nitrogen and oxygen atoms in total. The van der Waals surface area contributed by atoms with Crippen LogP contribution in [0.1, 0.15) is 48.5 Å². The van der Waals surface area contributed by atoms with Crippen LogP contribution >= 0.6 is 0 Å². The lowest BCUT2D eigenvalue weighted by atomic mass is 10.0. The molecular weight excluding hydrogens is 472 g/mol. The third-order valence-electron chi connectivity index (χ3n) is 7.08. The number of nitrogens with two attached hydrogens (primary N) is 1. The molecule has 0 saturated carbocycles. The molecule has 4 N–H and O–H groups in total. The van der Waals surface area contributed by atoms with Gasteiger partial charge in [-0.05, 0) is 50.4 Å². The van der Waals surface area contributed by atoms with Gasteiger partial charge in [0.1, 0.15) is 6.04 Å². The first-order valence-electron chi connectivity index (χ1n) is 12.8. The number of nitrogens with one attached hydrogen (secondary N) is 1. The SMILES string of the molecule is C[C@@H]1CCC[N+]1(C(=O)O)C(=O)N(CCCCN)CC(=O)C(Cc1ccccc1)NC(=O)c1ccccc1. The third-order valence-corrected chi connectivity index (χ3v) is 7.08. The summed E-state index contributed by atoms with van der Waals surface area (Å²) in [6, 6.07) is 16.1. The highest BCUT2D eigenvalue weighted by molar-refractivity contribution is 5.99. The number of ketones is 1. The molecule has 0 bridgehead atoms. The van der Waals surface area contributed by atoms with Gasteiger partial charge in [0, 0.05) is 24.9 Å². The number of unbranched alkanes of at least 4 members (excludes halogenated alkanes) is 1. The Hall–Kier alpha value is -3.56. The molecule has 198 valence electrons. The summed E-state index contributed by atoms with van der Waals surface area (Å²) in [7, 11) is 0. The zero-order valence-electron chi connectivity index (χ0n) is 21.3. The van der Waals surface area contributed by atoms with Gasteiger partial charge in [0.05, 0.1) is 19.1 Å². The van der Waals surface area contributed by atoms with Crippen molar-refractivity contribution >= 4 is 23.8 Å². The minimum absolute atomic E-state index is 0.190. The van der Waals surface area contributed by atoms with Gasteiger partial charge in [-0.3, -0.25) is 14.5 Å². The molecule has 3 rings (SSSR count). The molecular formula is C28H37N4O5+. The first-order chi connectivity index (χ1) is 17.8. The van der Waals surface area contributed by atoms with E-state index >= 15 is 0 Å².